The molecule has 5 aliphatic carbocycles. The molecule has 41 nitrogen and oxygen atoms in total. The molecule has 0 aromatic heterocycles. The second-order valence-corrected chi connectivity index (χ2v) is 39.1. The van der Waals surface area contributed by atoms with E-state index in [0.29, 0.717) is 50.5 Å². The Morgan fingerprint density at radius 1 is 0.484 bits per heavy atom. The van der Waals surface area contributed by atoms with Crippen molar-refractivity contribution in [2.75, 3.05) is 52.9 Å². The monoisotopic (exact) mass is 1830 g/mol. The Labute approximate surface area is 739 Å². The third-order valence-corrected chi connectivity index (χ3v) is 30.4. The minimum atomic E-state index is -2.07. The summed E-state index contributed by atoms with van der Waals surface area (Å²) in [5.74, 6) is -4.25. The van der Waals surface area contributed by atoms with Crippen LogP contribution in [0.4, 0.5) is 0 Å². The van der Waals surface area contributed by atoms with Crippen LogP contribution in [0, 0.1) is 50.2 Å². The molecular formula is C87H130O41. The van der Waals surface area contributed by atoms with Crippen LogP contribution < -0.4 is 0 Å². The number of rotatable bonds is 25. The van der Waals surface area contributed by atoms with E-state index in [1.165, 1.54) is 6.08 Å². The number of allylic oxidation sites excluding steroid dienone is 2. The summed E-state index contributed by atoms with van der Waals surface area (Å²) >= 11 is 0. The number of ether oxygens (including phenoxy) is 19. The van der Waals surface area contributed by atoms with E-state index in [9.17, 15) is 106 Å². The zero-order chi connectivity index (χ0) is 92.7. The highest BCUT2D eigenvalue weighted by Crippen LogP contribution is 2.76. The van der Waals surface area contributed by atoms with Gasteiger partial charge in [-0.25, -0.2) is 4.79 Å². The lowest BCUT2D eigenvalue weighted by molar-refractivity contribution is -0.383. The normalized spacial score (nSPS) is 48.9. The lowest BCUT2D eigenvalue weighted by Crippen LogP contribution is -2.68. The van der Waals surface area contributed by atoms with Gasteiger partial charge >= 0.3 is 23.9 Å². The highest BCUT2D eigenvalue weighted by atomic mass is 16.8. The van der Waals surface area contributed by atoms with Gasteiger partial charge in [-0.1, -0.05) is 97.4 Å². The molecule has 8 heterocycles. The van der Waals surface area contributed by atoms with Crippen LogP contribution in [0.3, 0.4) is 0 Å². The number of benzene rings is 1. The van der Waals surface area contributed by atoms with Gasteiger partial charge in [-0.15, -0.1) is 0 Å². The molecule has 1 aromatic rings. The van der Waals surface area contributed by atoms with Gasteiger partial charge in [0.15, 0.2) is 62.3 Å². The Morgan fingerprint density at radius 2 is 1.06 bits per heavy atom. The minimum absolute atomic E-state index is 0.0125. The van der Waals surface area contributed by atoms with Gasteiger partial charge in [0.1, 0.15) is 152 Å². The Kier molecular flexibility index (Phi) is 30.4. The van der Waals surface area contributed by atoms with Crippen molar-refractivity contribution < 1.29 is 201 Å². The first-order valence-corrected chi connectivity index (χ1v) is 44.3. The van der Waals surface area contributed by atoms with Crippen molar-refractivity contribution in [2.24, 2.45) is 50.2 Å². The molecule has 1 aromatic carbocycles. The molecule has 0 spiro atoms. The first-order chi connectivity index (χ1) is 60.4. The van der Waals surface area contributed by atoms with Crippen LogP contribution in [-0.4, -0.2) is 389 Å². The average molecular weight is 1830 g/mol. The van der Waals surface area contributed by atoms with Gasteiger partial charge < -0.3 is 182 Å². The highest BCUT2D eigenvalue weighted by molar-refractivity contribution is 5.87. The topological polar surface area (TPSA) is 608 Å². The predicted molar refractivity (Wildman–Crippen MR) is 426 cm³/mol. The number of hydrogen-bond acceptors (Lipinski definition) is 41. The van der Waals surface area contributed by atoms with Crippen molar-refractivity contribution in [1.29, 1.82) is 0 Å². The van der Waals surface area contributed by atoms with E-state index in [0.717, 1.165) is 25.5 Å². The van der Waals surface area contributed by atoms with E-state index < -0.39 is 324 Å². The number of carbonyl (C=O) groups excluding carboxylic acids is 4. The average Bonchev–Trinajstić information content (AvgIpc) is 0.709. The molecule has 0 radical (unpaired) electrons. The van der Waals surface area contributed by atoms with Crippen molar-refractivity contribution in [3.05, 3.63) is 53.6 Å². The predicted octanol–water partition coefficient (Wildman–Crippen LogP) is -3.75. The molecule has 13 aliphatic rings. The second kappa shape index (κ2) is 39.2. The van der Waals surface area contributed by atoms with Crippen LogP contribution in [0.2, 0.25) is 0 Å². The number of fused-ring (bicyclic) bond motifs is 7. The number of aliphatic hydroxyl groups is 18. The molecule has 18 N–H and O–H groups in total. The summed E-state index contributed by atoms with van der Waals surface area (Å²) in [7, 11) is 0. The van der Waals surface area contributed by atoms with E-state index in [1.807, 2.05) is 0 Å². The van der Waals surface area contributed by atoms with Crippen LogP contribution in [0.5, 0.6) is 0 Å². The quantitative estimate of drug-likeness (QED) is 0.0147. The van der Waals surface area contributed by atoms with Gasteiger partial charge in [0.05, 0.1) is 58.5 Å². The molecule has 12 fully saturated rings. The van der Waals surface area contributed by atoms with Crippen molar-refractivity contribution in [1.82, 2.24) is 0 Å². The molecule has 4 saturated carbocycles. The number of esters is 4. The van der Waals surface area contributed by atoms with E-state index in [1.54, 1.807) is 37.3 Å². The van der Waals surface area contributed by atoms with E-state index in [-0.39, 0.29) is 43.1 Å². The molecule has 43 atom stereocenters. The van der Waals surface area contributed by atoms with E-state index in [2.05, 4.69) is 54.5 Å². The summed E-state index contributed by atoms with van der Waals surface area (Å²) in [6.07, 6.45) is -50.9. The number of carbonyl (C=O) groups is 4. The summed E-state index contributed by atoms with van der Waals surface area (Å²) < 4.78 is 112. The first kappa shape index (κ1) is 99.2. The summed E-state index contributed by atoms with van der Waals surface area (Å²) in [6.45, 7) is 13.9. The molecule has 128 heavy (non-hydrogen) atoms. The maximum atomic E-state index is 15.7. The largest absolute Gasteiger partial charge is 0.463 e. The van der Waals surface area contributed by atoms with Gasteiger partial charge in [0.2, 0.25) is 6.29 Å². The molecular weight excluding hydrogens is 1700 g/mol. The molecule has 0 bridgehead atoms. The van der Waals surface area contributed by atoms with Crippen molar-refractivity contribution in [3.8, 4) is 0 Å². The van der Waals surface area contributed by atoms with Crippen LogP contribution >= 0.6 is 0 Å². The fourth-order valence-corrected chi connectivity index (χ4v) is 22.8. The molecule has 43 unspecified atom stereocenters. The van der Waals surface area contributed by atoms with Crippen molar-refractivity contribution in [2.45, 2.75) is 354 Å². The summed E-state index contributed by atoms with van der Waals surface area (Å²) in [4.78, 5) is 53.1. The van der Waals surface area contributed by atoms with Crippen molar-refractivity contribution in [3.63, 3.8) is 0 Å². The molecule has 14 rings (SSSR count). The fraction of sp³-hybridized carbons (Fsp3) is 0.839. The van der Waals surface area contributed by atoms with Crippen molar-refractivity contribution >= 4 is 30.0 Å². The van der Waals surface area contributed by atoms with Crippen LogP contribution in [0.15, 0.2) is 48.1 Å². The van der Waals surface area contributed by atoms with Crippen LogP contribution in [0.25, 0.3) is 6.08 Å². The maximum Gasteiger partial charge on any atom is 0.331 e. The Bertz CT molecular complexity index is 4010. The van der Waals surface area contributed by atoms with Crippen LogP contribution in [0.1, 0.15) is 139 Å². The molecule has 8 saturated heterocycles. The van der Waals surface area contributed by atoms with E-state index >= 15 is 4.79 Å². The van der Waals surface area contributed by atoms with Crippen LogP contribution in [-0.2, 0) is 109 Å². The van der Waals surface area contributed by atoms with E-state index in [4.69, 9.17) is 90.0 Å². The smallest absolute Gasteiger partial charge is 0.331 e. The molecule has 41 heteroatoms. The minimum Gasteiger partial charge on any atom is -0.463 e. The third kappa shape index (κ3) is 18.8. The lowest BCUT2D eigenvalue weighted by atomic mass is 9.33. The summed E-state index contributed by atoms with van der Waals surface area (Å²) in [6, 6.07) is 8.59. The standard InChI is InChI=1S/C87H130O41/c1-11-86(109)36-115-79(71(86)107)124-65-43(93)32-111-74(64(65)106)127-69-58(100)55(97)44(29-88)117-78(69)128-80(108)87-26-25-81(4,5)27-41(87)40-18-19-50-83(8)23-22-52(82(6,7)49(83)21-24-84(50,9)85(40,10)28-51(87)94)122-75-62(104)59(101)66(45(30-89)118-75)125-76-68(54(96)42(92)31-112-76)126-73-61(103)56(98)46(33-114-73)119-72-60(102)57(99)47(34-113-72)120-77-70(123-53(95)20-17-39-15-13-12-14-16-39)63(105)67(116-38(3)91)48(121-77)35-110-37(2)90/h12-18,20,41-52,54-79,88-89,92-94,96-107,109H,11,19,21-36H2,1-10H3/b20-17+. The second-order valence-electron chi connectivity index (χ2n) is 39.1. The highest BCUT2D eigenvalue weighted by Gasteiger charge is 2.73. The Balaban J connectivity index is 0.602. The van der Waals surface area contributed by atoms with Gasteiger partial charge in [-0.05, 0) is 121 Å². The Morgan fingerprint density at radius 3 is 1.70 bits per heavy atom. The van der Waals surface area contributed by atoms with Gasteiger partial charge in [0.25, 0.3) is 0 Å². The zero-order valence-electron chi connectivity index (χ0n) is 73.2. The number of hydrogen-bond donors (Lipinski definition) is 18. The molecule has 8 aliphatic heterocycles. The number of aliphatic hydroxyl groups excluding tert-OH is 17. The molecule has 724 valence electrons. The fourth-order valence-electron chi connectivity index (χ4n) is 22.8. The SMILES string of the molecule is CCC1(O)COC(OC2C(O)COC(OC3C(OC(=O)C45CCC(C)(C)CC4C4=CCC6C7(C)CCC(OC8OC(CO)C(OC9OCC(O)C(O)C9OC9OCC(OC%10OCC(OC%11OC(COC(C)=O)C(OC(C)=O)C(O)C%11OC(=O)/C=C/c%11ccccc%11)C(O)C%10O)C(O)C9O)C(O)C8O)C(C)(C)C7CCC6(C)C4(C)CC5O)OC(CO)C(O)C3O)C2O)C1O. The van der Waals surface area contributed by atoms with Gasteiger partial charge in [0, 0.05) is 19.9 Å². The van der Waals surface area contributed by atoms with Gasteiger partial charge in [-0.2, -0.15) is 0 Å². The zero-order valence-corrected chi connectivity index (χ0v) is 73.2. The Hall–Kier alpha value is -4.74. The molecule has 0 amide bonds. The maximum absolute atomic E-state index is 15.7. The van der Waals surface area contributed by atoms with Gasteiger partial charge in [-0.3, -0.25) is 14.4 Å². The lowest BCUT2D eigenvalue weighted by Gasteiger charge is -2.71. The third-order valence-electron chi connectivity index (χ3n) is 30.4. The summed E-state index contributed by atoms with van der Waals surface area (Å²) in [5.41, 5.74) is -4.35. The first-order valence-electron chi connectivity index (χ1n) is 44.3. The summed E-state index contributed by atoms with van der Waals surface area (Å²) in [5, 5.41) is 207.